The van der Waals surface area contributed by atoms with Gasteiger partial charge in [0.05, 0.1) is 11.3 Å². The standard InChI is InChI=1S/C27H16Cl2N2O4/c28-19-6-3-7-21(15-19)31-25(32)23(29)24(26(31)33)30-20-11-8-17(9-12-20)27(34)35-22-13-10-16-4-1-2-5-18(16)14-22/h1-15,30H. The van der Waals surface area contributed by atoms with Crippen LogP contribution in [0.2, 0.25) is 5.02 Å². The number of amides is 2. The normalized spacial score (nSPS) is 13.5. The summed E-state index contributed by atoms with van der Waals surface area (Å²) in [6, 6.07) is 25.8. The highest BCUT2D eigenvalue weighted by atomic mass is 35.5. The predicted molar refractivity (Wildman–Crippen MR) is 136 cm³/mol. The Morgan fingerprint density at radius 2 is 1.51 bits per heavy atom. The molecule has 0 aliphatic carbocycles. The molecule has 0 saturated carbocycles. The highest BCUT2D eigenvalue weighted by Crippen LogP contribution is 2.31. The molecule has 0 atom stereocenters. The number of hydrogen-bond donors (Lipinski definition) is 1. The van der Waals surface area contributed by atoms with Crippen LogP contribution in [0, 0.1) is 0 Å². The largest absolute Gasteiger partial charge is 0.423 e. The van der Waals surface area contributed by atoms with E-state index in [0.717, 1.165) is 15.7 Å². The van der Waals surface area contributed by atoms with Gasteiger partial charge in [0, 0.05) is 10.7 Å². The molecule has 0 aromatic heterocycles. The molecule has 1 aliphatic rings. The minimum atomic E-state index is -0.656. The zero-order valence-electron chi connectivity index (χ0n) is 18.0. The second kappa shape index (κ2) is 9.25. The summed E-state index contributed by atoms with van der Waals surface area (Å²) in [6.45, 7) is 0. The van der Waals surface area contributed by atoms with Gasteiger partial charge in [-0.15, -0.1) is 0 Å². The van der Waals surface area contributed by atoms with E-state index >= 15 is 0 Å². The molecule has 0 unspecified atom stereocenters. The molecular formula is C27H16Cl2N2O4. The second-order valence-corrected chi connectivity index (χ2v) is 8.53. The number of nitrogens with one attached hydrogen (secondary N) is 1. The van der Waals surface area contributed by atoms with Crippen LogP contribution < -0.4 is 15.0 Å². The average Bonchev–Trinajstić information content (AvgIpc) is 3.07. The van der Waals surface area contributed by atoms with E-state index in [2.05, 4.69) is 5.32 Å². The Balaban J connectivity index is 1.30. The van der Waals surface area contributed by atoms with Crippen LogP contribution >= 0.6 is 23.2 Å². The van der Waals surface area contributed by atoms with Crippen LogP contribution in [0.3, 0.4) is 0 Å². The fraction of sp³-hybridized carbons (Fsp3) is 0. The summed E-state index contributed by atoms with van der Waals surface area (Å²) < 4.78 is 5.50. The van der Waals surface area contributed by atoms with Crippen LogP contribution in [-0.2, 0) is 9.59 Å². The molecule has 1 aliphatic heterocycles. The fourth-order valence-electron chi connectivity index (χ4n) is 3.69. The number of esters is 1. The lowest BCUT2D eigenvalue weighted by Gasteiger charge is -2.15. The van der Waals surface area contributed by atoms with E-state index in [1.54, 1.807) is 54.6 Å². The smallest absolute Gasteiger partial charge is 0.343 e. The molecule has 4 aromatic rings. The van der Waals surface area contributed by atoms with Crippen molar-refractivity contribution in [3.8, 4) is 5.75 Å². The third-order valence-corrected chi connectivity index (χ3v) is 6.00. The molecule has 35 heavy (non-hydrogen) atoms. The SMILES string of the molecule is O=C(Oc1ccc2ccccc2c1)c1ccc(NC2=C(Cl)C(=O)N(c3cccc(Cl)c3)C2=O)cc1. The minimum Gasteiger partial charge on any atom is -0.423 e. The van der Waals surface area contributed by atoms with E-state index in [9.17, 15) is 14.4 Å². The Kier molecular flexibility index (Phi) is 5.99. The summed E-state index contributed by atoms with van der Waals surface area (Å²) in [5, 5.41) is 5.02. The van der Waals surface area contributed by atoms with Crippen LogP contribution in [0.4, 0.5) is 11.4 Å². The highest BCUT2D eigenvalue weighted by Gasteiger charge is 2.39. The van der Waals surface area contributed by atoms with E-state index in [-0.39, 0.29) is 10.7 Å². The molecule has 2 amide bonds. The Labute approximate surface area is 210 Å². The van der Waals surface area contributed by atoms with Gasteiger partial charge >= 0.3 is 5.97 Å². The number of anilines is 2. The molecule has 1 N–H and O–H groups in total. The molecule has 0 fully saturated rings. The van der Waals surface area contributed by atoms with E-state index in [0.29, 0.717) is 27.7 Å². The number of ether oxygens (including phenoxy) is 1. The summed E-state index contributed by atoms with van der Waals surface area (Å²) in [5.74, 6) is -1.36. The van der Waals surface area contributed by atoms with Crippen molar-refractivity contribution < 1.29 is 19.1 Å². The Morgan fingerprint density at radius 3 is 2.26 bits per heavy atom. The maximum Gasteiger partial charge on any atom is 0.343 e. The van der Waals surface area contributed by atoms with Crippen molar-refractivity contribution in [1.82, 2.24) is 0 Å². The van der Waals surface area contributed by atoms with Gasteiger partial charge in [-0.3, -0.25) is 9.59 Å². The molecule has 4 aromatic carbocycles. The lowest BCUT2D eigenvalue weighted by Crippen LogP contribution is -2.32. The van der Waals surface area contributed by atoms with Gasteiger partial charge in [0.15, 0.2) is 0 Å². The zero-order chi connectivity index (χ0) is 24.5. The highest BCUT2D eigenvalue weighted by molar-refractivity contribution is 6.53. The minimum absolute atomic E-state index is 0.0665. The number of carbonyl (C=O) groups excluding carboxylic acids is 3. The predicted octanol–water partition coefficient (Wildman–Crippen LogP) is 6.15. The summed E-state index contributed by atoms with van der Waals surface area (Å²) in [5.41, 5.74) is 1.03. The van der Waals surface area contributed by atoms with Crippen LogP contribution in [0.1, 0.15) is 10.4 Å². The fourth-order valence-corrected chi connectivity index (χ4v) is 4.09. The molecule has 0 radical (unpaired) electrons. The number of hydrogen-bond acceptors (Lipinski definition) is 5. The van der Waals surface area contributed by atoms with Gasteiger partial charge in [-0.25, -0.2) is 9.69 Å². The van der Waals surface area contributed by atoms with Crippen molar-refractivity contribution in [1.29, 1.82) is 0 Å². The number of nitrogens with zero attached hydrogens (tertiary/aromatic N) is 1. The van der Waals surface area contributed by atoms with Crippen molar-refractivity contribution in [2.75, 3.05) is 10.2 Å². The second-order valence-electron chi connectivity index (χ2n) is 7.72. The molecule has 5 rings (SSSR count). The maximum atomic E-state index is 12.9. The quantitative estimate of drug-likeness (QED) is 0.201. The van der Waals surface area contributed by atoms with Gasteiger partial charge in [-0.05, 0) is 65.4 Å². The summed E-state index contributed by atoms with van der Waals surface area (Å²) >= 11 is 12.2. The zero-order valence-corrected chi connectivity index (χ0v) is 19.5. The lowest BCUT2D eigenvalue weighted by molar-refractivity contribution is -0.120. The summed E-state index contributed by atoms with van der Waals surface area (Å²) in [7, 11) is 0. The molecular weight excluding hydrogens is 487 g/mol. The molecule has 1 heterocycles. The monoisotopic (exact) mass is 502 g/mol. The molecule has 8 heteroatoms. The van der Waals surface area contributed by atoms with Gasteiger partial charge in [-0.2, -0.15) is 0 Å². The maximum absolute atomic E-state index is 12.9. The Hall–Kier alpha value is -4.13. The number of benzene rings is 4. The molecule has 0 spiro atoms. The average molecular weight is 503 g/mol. The first-order chi connectivity index (χ1) is 16.9. The van der Waals surface area contributed by atoms with Crippen LogP contribution in [0.25, 0.3) is 10.8 Å². The first-order valence-electron chi connectivity index (χ1n) is 10.5. The van der Waals surface area contributed by atoms with Gasteiger partial charge in [-0.1, -0.05) is 59.6 Å². The summed E-state index contributed by atoms with van der Waals surface area (Å²) in [4.78, 5) is 39.0. The van der Waals surface area contributed by atoms with E-state index in [1.807, 2.05) is 30.3 Å². The number of imide groups is 1. The van der Waals surface area contributed by atoms with Gasteiger partial charge in [0.2, 0.25) is 0 Å². The summed E-state index contributed by atoms with van der Waals surface area (Å²) in [6.07, 6.45) is 0. The topological polar surface area (TPSA) is 75.7 Å². The van der Waals surface area contributed by atoms with Crippen LogP contribution in [0.5, 0.6) is 5.75 Å². The van der Waals surface area contributed by atoms with Crippen molar-refractivity contribution >= 4 is 63.1 Å². The number of fused-ring (bicyclic) bond motifs is 1. The first kappa shape index (κ1) is 22.7. The van der Waals surface area contributed by atoms with Crippen LogP contribution in [0.15, 0.2) is 102 Å². The van der Waals surface area contributed by atoms with Crippen molar-refractivity contribution in [2.45, 2.75) is 0 Å². The van der Waals surface area contributed by atoms with E-state index < -0.39 is 17.8 Å². The van der Waals surface area contributed by atoms with Crippen molar-refractivity contribution in [3.05, 3.63) is 112 Å². The Bertz CT molecular complexity index is 1530. The molecule has 172 valence electrons. The number of carbonyl (C=O) groups is 3. The van der Waals surface area contributed by atoms with Gasteiger partial charge in [0.25, 0.3) is 11.8 Å². The van der Waals surface area contributed by atoms with Crippen molar-refractivity contribution in [2.24, 2.45) is 0 Å². The number of halogens is 2. The molecule has 0 bridgehead atoms. The third kappa shape index (κ3) is 4.49. The molecule has 6 nitrogen and oxygen atoms in total. The van der Waals surface area contributed by atoms with Crippen LogP contribution in [-0.4, -0.2) is 17.8 Å². The molecule has 0 saturated heterocycles. The third-order valence-electron chi connectivity index (χ3n) is 5.42. The van der Waals surface area contributed by atoms with E-state index in [4.69, 9.17) is 27.9 Å². The first-order valence-corrected chi connectivity index (χ1v) is 11.3. The van der Waals surface area contributed by atoms with E-state index in [1.165, 1.54) is 6.07 Å². The lowest BCUT2D eigenvalue weighted by atomic mass is 10.1. The van der Waals surface area contributed by atoms with Crippen molar-refractivity contribution in [3.63, 3.8) is 0 Å². The van der Waals surface area contributed by atoms with Gasteiger partial charge in [0.1, 0.15) is 16.5 Å². The number of rotatable bonds is 5. The Morgan fingerprint density at radius 1 is 0.771 bits per heavy atom. The van der Waals surface area contributed by atoms with Gasteiger partial charge < -0.3 is 10.1 Å².